The zero-order valence-electron chi connectivity index (χ0n) is 30.8. The average Bonchev–Trinajstić information content (AvgIpc) is 3.04. The maximum Gasteiger partial charge on any atom is 0.303 e. The first-order valence-corrected chi connectivity index (χ1v) is 18.3. The number of hydrogen-bond acceptors (Lipinski definition) is 20. The lowest BCUT2D eigenvalue weighted by Crippen LogP contribution is -2.61. The number of rotatable bonds is 14. The molecule has 2 heterocycles. The maximum atomic E-state index is 12.0. The van der Waals surface area contributed by atoms with E-state index in [4.69, 9.17) is 47.4 Å². The molecule has 0 N–H and O–H groups in total. The standard InChI is InChI=1S/C34H42O18S2/c1-17(35)43-15-25-27(45-19(3)37)29(47-21(5)39)31(49-23(7)41)33(51-25)53-13-11-9-10-12-14-54-34-32(50-24(8)42)30(48-22(6)40)28(46-20(4)38)26(52-34)16-44-18(2)36/h25-34H,13-16H2,1-8H3/t25-,26-,27+,28+,29+,30+,31-,32-,33+,34+/m1/s1. The molecule has 0 aromatic rings. The highest BCUT2D eigenvalue weighted by Gasteiger charge is 2.53. The molecule has 0 radical (unpaired) electrons. The van der Waals surface area contributed by atoms with Gasteiger partial charge in [-0.25, -0.2) is 0 Å². The quantitative estimate of drug-likeness (QED) is 0.133. The first-order chi connectivity index (χ1) is 25.4. The Morgan fingerprint density at radius 3 is 0.981 bits per heavy atom. The van der Waals surface area contributed by atoms with Gasteiger partial charge in [0.1, 0.15) is 36.3 Å². The average molecular weight is 803 g/mol. The van der Waals surface area contributed by atoms with Crippen LogP contribution in [0.25, 0.3) is 0 Å². The van der Waals surface area contributed by atoms with Crippen molar-refractivity contribution in [3.05, 3.63) is 0 Å². The van der Waals surface area contributed by atoms with Gasteiger partial charge >= 0.3 is 47.8 Å². The molecule has 0 saturated carbocycles. The molecule has 0 amide bonds. The van der Waals surface area contributed by atoms with Crippen molar-refractivity contribution in [2.24, 2.45) is 0 Å². The molecule has 2 rings (SSSR count). The van der Waals surface area contributed by atoms with E-state index in [1.54, 1.807) is 0 Å². The molecule has 2 fully saturated rings. The number of ether oxygens (including phenoxy) is 10. The molecule has 10 atom stereocenters. The smallest absolute Gasteiger partial charge is 0.303 e. The fourth-order valence-corrected chi connectivity index (χ4v) is 6.94. The van der Waals surface area contributed by atoms with Crippen LogP contribution in [0.1, 0.15) is 55.4 Å². The maximum absolute atomic E-state index is 12.0. The lowest BCUT2D eigenvalue weighted by molar-refractivity contribution is -0.237. The zero-order valence-corrected chi connectivity index (χ0v) is 32.4. The molecule has 0 spiro atoms. The Morgan fingerprint density at radius 2 is 0.704 bits per heavy atom. The molecular weight excluding hydrogens is 760 g/mol. The first-order valence-electron chi connectivity index (χ1n) is 16.2. The normalized spacial score (nSPS) is 27.1. The summed E-state index contributed by atoms with van der Waals surface area (Å²) in [5.74, 6) is 5.23. The van der Waals surface area contributed by atoms with Crippen molar-refractivity contribution >= 4 is 71.3 Å². The Balaban J connectivity index is 2.24. The van der Waals surface area contributed by atoms with E-state index in [2.05, 4.69) is 23.7 Å². The van der Waals surface area contributed by atoms with Crippen LogP contribution in [-0.2, 0) is 85.7 Å². The molecule has 2 aliphatic rings. The zero-order chi connectivity index (χ0) is 40.5. The summed E-state index contributed by atoms with van der Waals surface area (Å²) in [6.07, 6.45) is -9.92. The Hall–Kier alpha value is -4.50. The Morgan fingerprint density at radius 1 is 0.426 bits per heavy atom. The summed E-state index contributed by atoms with van der Waals surface area (Å²) >= 11 is 2.09. The van der Waals surface area contributed by atoms with Crippen LogP contribution in [0.5, 0.6) is 0 Å². The van der Waals surface area contributed by atoms with E-state index in [-0.39, 0.29) is 24.7 Å². The molecule has 0 bridgehead atoms. The highest BCUT2D eigenvalue weighted by atomic mass is 32.2. The van der Waals surface area contributed by atoms with Crippen LogP contribution in [0.15, 0.2) is 0 Å². The number of thioether (sulfide) groups is 2. The summed E-state index contributed by atoms with van der Waals surface area (Å²) in [5.41, 5.74) is -2.04. The summed E-state index contributed by atoms with van der Waals surface area (Å²) in [7, 11) is 0. The largest absolute Gasteiger partial charge is 0.463 e. The summed E-state index contributed by atoms with van der Waals surface area (Å²) in [6.45, 7) is 8.33. The van der Waals surface area contributed by atoms with Crippen LogP contribution in [0.2, 0.25) is 0 Å². The van der Waals surface area contributed by atoms with Crippen molar-refractivity contribution in [1.82, 2.24) is 0 Å². The fourth-order valence-electron chi connectivity index (χ4n) is 5.05. The van der Waals surface area contributed by atoms with Crippen LogP contribution in [0.3, 0.4) is 0 Å². The van der Waals surface area contributed by atoms with Crippen LogP contribution >= 0.6 is 23.5 Å². The fraction of sp³-hybridized carbons (Fsp3) is 0.647. The van der Waals surface area contributed by atoms with E-state index in [0.717, 1.165) is 65.1 Å². The first kappa shape index (κ1) is 45.7. The predicted octanol–water partition coefficient (Wildman–Crippen LogP) is 0.626. The summed E-state index contributed by atoms with van der Waals surface area (Å²) in [5, 5.41) is 0. The van der Waals surface area contributed by atoms with Crippen molar-refractivity contribution in [3.63, 3.8) is 0 Å². The van der Waals surface area contributed by atoms with Gasteiger partial charge in [0.25, 0.3) is 0 Å². The van der Waals surface area contributed by atoms with Gasteiger partial charge < -0.3 is 47.4 Å². The van der Waals surface area contributed by atoms with E-state index >= 15 is 0 Å². The van der Waals surface area contributed by atoms with E-state index in [9.17, 15) is 38.4 Å². The van der Waals surface area contributed by atoms with Crippen LogP contribution in [-0.4, -0.2) is 132 Å². The number of carbonyl (C=O) groups excluding carboxylic acids is 8. The van der Waals surface area contributed by atoms with Gasteiger partial charge in [0.05, 0.1) is 11.5 Å². The van der Waals surface area contributed by atoms with E-state index in [0.29, 0.717) is 0 Å². The summed E-state index contributed by atoms with van der Waals surface area (Å²) < 4.78 is 54.6. The second-order valence-corrected chi connectivity index (χ2v) is 13.5. The van der Waals surface area contributed by atoms with E-state index in [1.165, 1.54) is 13.8 Å². The third-order valence-corrected chi connectivity index (χ3v) is 8.81. The topological polar surface area (TPSA) is 229 Å². The van der Waals surface area contributed by atoms with Crippen molar-refractivity contribution in [3.8, 4) is 23.7 Å². The number of carbonyl (C=O) groups is 8. The lowest BCUT2D eigenvalue weighted by Gasteiger charge is -2.44. The van der Waals surface area contributed by atoms with Gasteiger partial charge in [0.2, 0.25) is 0 Å². The third-order valence-electron chi connectivity index (χ3n) is 6.78. The van der Waals surface area contributed by atoms with Crippen molar-refractivity contribution in [2.45, 2.75) is 115 Å². The van der Waals surface area contributed by atoms with Crippen molar-refractivity contribution < 1.29 is 85.7 Å². The third kappa shape index (κ3) is 15.8. The molecular formula is C34H42O18S2. The lowest BCUT2D eigenvalue weighted by atomic mass is 9.99. The Kier molecular flexibility index (Phi) is 19.2. The van der Waals surface area contributed by atoms with Crippen molar-refractivity contribution in [1.29, 1.82) is 0 Å². The van der Waals surface area contributed by atoms with Gasteiger partial charge in [-0.3, -0.25) is 38.4 Å². The molecule has 20 heteroatoms. The van der Waals surface area contributed by atoms with E-state index in [1.807, 2.05) is 0 Å². The van der Waals surface area contributed by atoms with Gasteiger partial charge in [0, 0.05) is 55.4 Å². The second-order valence-electron chi connectivity index (χ2n) is 11.4. The molecule has 2 aliphatic heterocycles. The minimum atomic E-state index is -1.32. The Bertz CT molecular complexity index is 1410. The Labute approximate surface area is 319 Å². The van der Waals surface area contributed by atoms with Gasteiger partial charge in [-0.2, -0.15) is 0 Å². The monoisotopic (exact) mass is 802 g/mol. The van der Waals surface area contributed by atoms with Crippen LogP contribution in [0, 0.1) is 23.7 Å². The van der Waals surface area contributed by atoms with Gasteiger partial charge in [-0.1, -0.05) is 11.8 Å². The summed E-state index contributed by atoms with van der Waals surface area (Å²) in [4.78, 5) is 95.0. The number of esters is 8. The number of hydrogen-bond donors (Lipinski definition) is 0. The minimum Gasteiger partial charge on any atom is -0.463 e. The molecule has 0 aliphatic carbocycles. The van der Waals surface area contributed by atoms with Gasteiger partial charge in [-0.15, -0.1) is 23.5 Å². The second kappa shape index (κ2) is 22.7. The van der Waals surface area contributed by atoms with E-state index < -0.39 is 107 Å². The summed E-state index contributed by atoms with van der Waals surface area (Å²) in [6, 6.07) is 0. The molecule has 54 heavy (non-hydrogen) atoms. The molecule has 2 saturated heterocycles. The minimum absolute atomic E-state index is 0.0508. The molecule has 0 unspecified atom stereocenters. The van der Waals surface area contributed by atoms with Gasteiger partial charge in [-0.05, 0) is 11.8 Å². The predicted molar refractivity (Wildman–Crippen MR) is 184 cm³/mol. The van der Waals surface area contributed by atoms with Gasteiger partial charge in [0.15, 0.2) is 36.6 Å². The SMILES string of the molecule is CC(=O)OC[C@H]1O[C@@H](SCC#CC#CCS[C@@H]2O[C@H](COC(C)=O)[C@H](OC(C)=O)[C@H](OC(C)=O)[C@H]2OC(C)=O)[C@H](OC(C)=O)[C@@H](OC(C)=O)[C@H]1OC(C)=O. The molecule has 298 valence electrons. The highest BCUT2D eigenvalue weighted by molar-refractivity contribution is 8.00. The molecule has 0 aromatic heterocycles. The molecule has 0 aromatic carbocycles. The van der Waals surface area contributed by atoms with Crippen LogP contribution in [0.4, 0.5) is 0 Å². The van der Waals surface area contributed by atoms with Crippen LogP contribution < -0.4 is 0 Å². The van der Waals surface area contributed by atoms with Crippen molar-refractivity contribution in [2.75, 3.05) is 24.7 Å². The molecule has 18 nitrogen and oxygen atoms in total. The highest BCUT2D eigenvalue weighted by Crippen LogP contribution is 2.35.